The second-order valence-corrected chi connectivity index (χ2v) is 6.68. The van der Waals surface area contributed by atoms with Crippen LogP contribution in [-0.4, -0.2) is 11.0 Å². The molecule has 128 valence electrons. The number of nitrogens with one attached hydrogen (secondary N) is 2. The molecule has 0 aliphatic rings. The Bertz CT molecular complexity index is 1040. The number of fused-ring (bicyclic) bond motifs is 1. The lowest BCUT2D eigenvalue weighted by Gasteiger charge is -2.08. The maximum Gasteiger partial charge on any atom is 0.323 e. The van der Waals surface area contributed by atoms with Crippen LogP contribution in [0.15, 0.2) is 72.8 Å². The smallest absolute Gasteiger partial charge is 0.308 e. The molecule has 6 heteroatoms. The summed E-state index contributed by atoms with van der Waals surface area (Å²) >= 11 is 1.63. The van der Waals surface area contributed by atoms with E-state index in [1.807, 2.05) is 48.5 Å². The molecule has 26 heavy (non-hydrogen) atoms. The van der Waals surface area contributed by atoms with Gasteiger partial charge in [0.05, 0.1) is 10.2 Å². The molecule has 4 nitrogen and oxygen atoms in total. The number of carbonyl (C=O) groups is 1. The lowest BCUT2D eigenvalue weighted by molar-refractivity contribution is 0.262. The molecule has 0 spiro atoms. The molecule has 0 aliphatic carbocycles. The van der Waals surface area contributed by atoms with Crippen molar-refractivity contribution in [3.05, 3.63) is 78.6 Å². The minimum Gasteiger partial charge on any atom is -0.308 e. The number of carbonyl (C=O) groups excluding carboxylic acids is 1. The summed E-state index contributed by atoms with van der Waals surface area (Å²) in [5.74, 6) is -0.400. The van der Waals surface area contributed by atoms with Gasteiger partial charge >= 0.3 is 6.03 Å². The van der Waals surface area contributed by atoms with E-state index in [-0.39, 0.29) is 0 Å². The Morgan fingerprint density at radius 2 is 1.65 bits per heavy atom. The number of thiazole rings is 1. The molecule has 4 rings (SSSR count). The van der Waals surface area contributed by atoms with Crippen molar-refractivity contribution in [2.75, 3.05) is 10.6 Å². The molecule has 2 amide bonds. The second kappa shape index (κ2) is 6.93. The average Bonchev–Trinajstić information content (AvgIpc) is 3.06. The number of aromatic nitrogens is 1. The number of nitrogens with zero attached hydrogens (tertiary/aromatic N) is 1. The molecule has 0 aliphatic heterocycles. The molecule has 0 saturated carbocycles. The third-order valence-electron chi connectivity index (χ3n) is 3.77. The van der Waals surface area contributed by atoms with Gasteiger partial charge in [0.1, 0.15) is 10.8 Å². The van der Waals surface area contributed by atoms with Gasteiger partial charge in [-0.1, -0.05) is 18.2 Å². The summed E-state index contributed by atoms with van der Waals surface area (Å²) in [6.07, 6.45) is 0. The molecule has 4 aromatic rings. The standard InChI is InChI=1S/C20H14FN3OS/c21-14-4-3-5-16(12-14)23-20(25)22-15-10-8-13(9-11-15)19-24-17-6-1-2-7-18(17)26-19/h1-12H,(H2,22,23,25). The minimum atomic E-state index is -0.427. The minimum absolute atomic E-state index is 0.397. The predicted octanol–water partition coefficient (Wildman–Crippen LogP) is 5.75. The van der Waals surface area contributed by atoms with Crippen LogP contribution in [0, 0.1) is 5.82 Å². The van der Waals surface area contributed by atoms with E-state index in [0.717, 1.165) is 20.8 Å². The van der Waals surface area contributed by atoms with E-state index < -0.39 is 11.8 Å². The topological polar surface area (TPSA) is 54.0 Å². The quantitative estimate of drug-likeness (QED) is 0.487. The van der Waals surface area contributed by atoms with Gasteiger partial charge in [0.15, 0.2) is 0 Å². The molecule has 3 aromatic carbocycles. The zero-order valence-corrected chi connectivity index (χ0v) is 14.4. The van der Waals surface area contributed by atoms with E-state index in [2.05, 4.69) is 15.6 Å². The molecular weight excluding hydrogens is 349 g/mol. The van der Waals surface area contributed by atoms with Gasteiger partial charge in [0.2, 0.25) is 0 Å². The first-order chi connectivity index (χ1) is 12.7. The lowest BCUT2D eigenvalue weighted by Crippen LogP contribution is -2.19. The number of hydrogen-bond donors (Lipinski definition) is 2. The highest BCUT2D eigenvalue weighted by Crippen LogP contribution is 2.30. The molecule has 1 heterocycles. The molecule has 2 N–H and O–H groups in total. The van der Waals surface area contributed by atoms with Crippen molar-refractivity contribution >= 4 is 39.0 Å². The highest BCUT2D eigenvalue weighted by atomic mass is 32.1. The van der Waals surface area contributed by atoms with E-state index in [4.69, 9.17) is 0 Å². The fourth-order valence-corrected chi connectivity index (χ4v) is 3.52. The molecule has 0 unspecified atom stereocenters. The molecule has 0 saturated heterocycles. The summed E-state index contributed by atoms with van der Waals surface area (Å²) in [5, 5.41) is 6.25. The summed E-state index contributed by atoms with van der Waals surface area (Å²) in [7, 11) is 0. The van der Waals surface area contributed by atoms with Gasteiger partial charge in [-0.05, 0) is 54.6 Å². The fourth-order valence-electron chi connectivity index (χ4n) is 2.55. The maximum atomic E-state index is 13.2. The number of hydrogen-bond acceptors (Lipinski definition) is 3. The molecule has 0 atom stereocenters. The van der Waals surface area contributed by atoms with Crippen molar-refractivity contribution in [2.45, 2.75) is 0 Å². The van der Waals surface area contributed by atoms with Gasteiger partial charge < -0.3 is 10.6 Å². The largest absolute Gasteiger partial charge is 0.323 e. The average molecular weight is 363 g/mol. The van der Waals surface area contributed by atoms with Crippen molar-refractivity contribution < 1.29 is 9.18 Å². The van der Waals surface area contributed by atoms with Gasteiger partial charge in [-0.3, -0.25) is 0 Å². The first-order valence-corrected chi connectivity index (χ1v) is 8.79. The Morgan fingerprint density at radius 3 is 2.42 bits per heavy atom. The molecule has 1 aromatic heterocycles. The first kappa shape index (κ1) is 16.2. The van der Waals surface area contributed by atoms with Gasteiger partial charge in [-0.2, -0.15) is 0 Å². The van der Waals surface area contributed by atoms with Crippen molar-refractivity contribution in [1.29, 1.82) is 0 Å². The van der Waals surface area contributed by atoms with Crippen LogP contribution in [0.25, 0.3) is 20.8 Å². The van der Waals surface area contributed by atoms with Crippen LogP contribution < -0.4 is 10.6 Å². The number of rotatable bonds is 3. The fraction of sp³-hybridized carbons (Fsp3) is 0. The van der Waals surface area contributed by atoms with Crippen LogP contribution in [-0.2, 0) is 0 Å². The number of anilines is 2. The predicted molar refractivity (Wildman–Crippen MR) is 104 cm³/mol. The summed E-state index contributed by atoms with van der Waals surface area (Å²) < 4.78 is 14.3. The van der Waals surface area contributed by atoms with Crippen LogP contribution >= 0.6 is 11.3 Å². The highest BCUT2D eigenvalue weighted by molar-refractivity contribution is 7.21. The second-order valence-electron chi connectivity index (χ2n) is 5.65. The highest BCUT2D eigenvalue weighted by Gasteiger charge is 2.07. The number of para-hydroxylation sites is 1. The van der Waals surface area contributed by atoms with Crippen molar-refractivity contribution in [3.8, 4) is 10.6 Å². The van der Waals surface area contributed by atoms with E-state index in [0.29, 0.717) is 11.4 Å². The number of amides is 2. The number of urea groups is 1. The summed E-state index contributed by atoms with van der Waals surface area (Å²) in [6.45, 7) is 0. The van der Waals surface area contributed by atoms with E-state index in [1.165, 1.54) is 18.2 Å². The molecule has 0 radical (unpaired) electrons. The summed E-state index contributed by atoms with van der Waals surface area (Å²) in [5.41, 5.74) is 3.00. The summed E-state index contributed by atoms with van der Waals surface area (Å²) in [6, 6.07) is 20.8. The van der Waals surface area contributed by atoms with E-state index in [9.17, 15) is 9.18 Å². The van der Waals surface area contributed by atoms with E-state index >= 15 is 0 Å². The Kier molecular flexibility index (Phi) is 4.33. The Balaban J connectivity index is 1.46. The van der Waals surface area contributed by atoms with Crippen molar-refractivity contribution in [2.24, 2.45) is 0 Å². The lowest BCUT2D eigenvalue weighted by atomic mass is 10.2. The van der Waals surface area contributed by atoms with Gasteiger partial charge in [-0.15, -0.1) is 11.3 Å². The van der Waals surface area contributed by atoms with Gasteiger partial charge in [-0.25, -0.2) is 14.2 Å². The normalized spacial score (nSPS) is 10.7. The van der Waals surface area contributed by atoms with Crippen LogP contribution in [0.1, 0.15) is 0 Å². The van der Waals surface area contributed by atoms with Crippen LogP contribution in [0.5, 0.6) is 0 Å². The van der Waals surface area contributed by atoms with Gasteiger partial charge in [0, 0.05) is 16.9 Å². The SMILES string of the molecule is O=C(Nc1ccc(-c2nc3ccccc3s2)cc1)Nc1cccc(F)c1. The Labute approximate surface area is 153 Å². The van der Waals surface area contributed by atoms with Crippen molar-refractivity contribution in [1.82, 2.24) is 4.98 Å². The third kappa shape index (κ3) is 3.55. The number of halogens is 1. The number of benzene rings is 3. The van der Waals surface area contributed by atoms with Crippen LogP contribution in [0.4, 0.5) is 20.6 Å². The zero-order valence-electron chi connectivity index (χ0n) is 13.6. The zero-order chi connectivity index (χ0) is 17.9. The Morgan fingerprint density at radius 1 is 0.885 bits per heavy atom. The summed E-state index contributed by atoms with van der Waals surface area (Å²) in [4.78, 5) is 16.6. The molecule has 0 fully saturated rings. The molecular formula is C20H14FN3OS. The van der Waals surface area contributed by atoms with Gasteiger partial charge in [0.25, 0.3) is 0 Å². The molecule has 0 bridgehead atoms. The third-order valence-corrected chi connectivity index (χ3v) is 4.85. The maximum absolute atomic E-state index is 13.2. The van der Waals surface area contributed by atoms with E-state index in [1.54, 1.807) is 17.4 Å². The Hall–Kier alpha value is -3.25. The first-order valence-electron chi connectivity index (χ1n) is 7.97. The monoisotopic (exact) mass is 363 g/mol. The van der Waals surface area contributed by atoms with Crippen molar-refractivity contribution in [3.63, 3.8) is 0 Å². The van der Waals surface area contributed by atoms with Crippen LogP contribution in [0.3, 0.4) is 0 Å². The van der Waals surface area contributed by atoms with Crippen LogP contribution in [0.2, 0.25) is 0 Å².